The smallest absolute Gasteiger partial charge is 0.307 e. The molecule has 3 nitrogen and oxygen atoms in total. The molecule has 3 rings (SSSR count). The average molecular weight is 283 g/mol. The number of carboxylic acid groups (broad SMARTS) is 1. The second-order valence-electron chi connectivity index (χ2n) is 5.00. The van der Waals surface area contributed by atoms with E-state index in [0.29, 0.717) is 11.9 Å². The first-order valence-electron chi connectivity index (χ1n) is 6.66. The molecule has 0 amide bonds. The normalized spacial score (nSPS) is 10.9. The van der Waals surface area contributed by atoms with Gasteiger partial charge in [0.05, 0.1) is 11.9 Å². The Morgan fingerprint density at radius 2 is 1.76 bits per heavy atom. The van der Waals surface area contributed by atoms with E-state index in [-0.39, 0.29) is 12.2 Å². The molecule has 21 heavy (non-hydrogen) atoms. The fourth-order valence-corrected chi connectivity index (χ4v) is 2.46. The molecule has 4 heteroatoms. The topological polar surface area (TPSA) is 42.2 Å². The number of nitrogens with zero attached hydrogens (tertiary/aromatic N) is 1. The predicted molar refractivity (Wildman–Crippen MR) is 78.8 cm³/mol. The Hall–Kier alpha value is -2.62. The maximum Gasteiger partial charge on any atom is 0.307 e. The molecule has 0 bridgehead atoms. The molecule has 1 heterocycles. The summed E-state index contributed by atoms with van der Waals surface area (Å²) in [5.41, 5.74) is 2.67. The maximum absolute atomic E-state index is 13.6. The van der Waals surface area contributed by atoms with Crippen LogP contribution in [0.2, 0.25) is 0 Å². The van der Waals surface area contributed by atoms with Gasteiger partial charge >= 0.3 is 5.97 Å². The van der Waals surface area contributed by atoms with Crippen LogP contribution in [0, 0.1) is 5.82 Å². The summed E-state index contributed by atoms with van der Waals surface area (Å²) in [6.45, 7) is 0.625. The van der Waals surface area contributed by atoms with Crippen molar-refractivity contribution < 1.29 is 14.3 Å². The van der Waals surface area contributed by atoms with Crippen LogP contribution in [0.1, 0.15) is 11.1 Å². The Morgan fingerprint density at radius 1 is 1.05 bits per heavy atom. The van der Waals surface area contributed by atoms with Crippen molar-refractivity contribution in [3.05, 3.63) is 71.7 Å². The van der Waals surface area contributed by atoms with E-state index in [1.807, 2.05) is 41.1 Å². The highest BCUT2D eigenvalue weighted by Crippen LogP contribution is 2.20. The number of hydrogen-bond donors (Lipinski definition) is 1. The van der Waals surface area contributed by atoms with Gasteiger partial charge in [0.1, 0.15) is 5.82 Å². The van der Waals surface area contributed by atoms with Gasteiger partial charge in [-0.2, -0.15) is 0 Å². The summed E-state index contributed by atoms with van der Waals surface area (Å²) >= 11 is 0. The quantitative estimate of drug-likeness (QED) is 0.796. The summed E-state index contributed by atoms with van der Waals surface area (Å²) in [7, 11) is 0. The van der Waals surface area contributed by atoms with E-state index in [9.17, 15) is 9.18 Å². The molecule has 0 unspecified atom stereocenters. The zero-order chi connectivity index (χ0) is 14.8. The van der Waals surface area contributed by atoms with Gasteiger partial charge < -0.3 is 9.67 Å². The van der Waals surface area contributed by atoms with E-state index >= 15 is 0 Å². The summed E-state index contributed by atoms with van der Waals surface area (Å²) in [4.78, 5) is 10.6. The molecule has 0 aliphatic rings. The van der Waals surface area contributed by atoms with Gasteiger partial charge in [0.15, 0.2) is 0 Å². The fraction of sp³-hybridized carbons (Fsp3) is 0.118. The molecule has 0 aliphatic carbocycles. The van der Waals surface area contributed by atoms with E-state index in [0.717, 1.165) is 16.6 Å². The first-order valence-corrected chi connectivity index (χ1v) is 6.66. The maximum atomic E-state index is 13.6. The molecule has 106 valence electrons. The minimum absolute atomic E-state index is 0.0257. The molecule has 0 saturated heterocycles. The first-order chi connectivity index (χ1) is 10.1. The fourth-order valence-electron chi connectivity index (χ4n) is 2.46. The Morgan fingerprint density at radius 3 is 2.48 bits per heavy atom. The molecule has 0 fully saturated rings. The van der Waals surface area contributed by atoms with Crippen molar-refractivity contribution in [3.63, 3.8) is 0 Å². The highest BCUT2D eigenvalue weighted by Gasteiger charge is 2.06. The Labute approximate surface area is 121 Å². The minimum atomic E-state index is -0.838. The van der Waals surface area contributed by atoms with Crippen LogP contribution in [-0.2, 0) is 17.8 Å². The summed E-state index contributed by atoms with van der Waals surface area (Å²) in [6, 6.07) is 14.2. The van der Waals surface area contributed by atoms with E-state index in [1.165, 1.54) is 6.07 Å². The standard InChI is InChI=1S/C17H14FNO2/c18-15-2-1-3-16-14(15)8-9-19(16)11-13-6-4-12(5-7-13)10-17(20)21/h1-9H,10-11H2,(H,20,21). The lowest BCUT2D eigenvalue weighted by Crippen LogP contribution is -2.01. The molecule has 1 aromatic heterocycles. The second kappa shape index (κ2) is 5.40. The highest BCUT2D eigenvalue weighted by molar-refractivity contribution is 5.80. The Balaban J connectivity index is 1.85. The lowest BCUT2D eigenvalue weighted by Gasteiger charge is -2.07. The molecule has 0 atom stereocenters. The van der Waals surface area contributed by atoms with Crippen LogP contribution in [0.3, 0.4) is 0 Å². The summed E-state index contributed by atoms with van der Waals surface area (Å²) in [6.07, 6.45) is 1.89. The van der Waals surface area contributed by atoms with E-state index < -0.39 is 5.97 Å². The summed E-state index contributed by atoms with van der Waals surface area (Å²) in [5, 5.41) is 9.36. The lowest BCUT2D eigenvalue weighted by molar-refractivity contribution is -0.136. The van der Waals surface area contributed by atoms with Crippen LogP contribution in [0.4, 0.5) is 4.39 Å². The van der Waals surface area contributed by atoms with Gasteiger partial charge in [-0.05, 0) is 29.3 Å². The van der Waals surface area contributed by atoms with Gasteiger partial charge in [-0.1, -0.05) is 30.3 Å². The van der Waals surface area contributed by atoms with E-state index in [1.54, 1.807) is 12.1 Å². The zero-order valence-electron chi connectivity index (χ0n) is 11.3. The number of carbonyl (C=O) groups is 1. The SMILES string of the molecule is O=C(O)Cc1ccc(Cn2ccc3c(F)cccc32)cc1. The van der Waals surface area contributed by atoms with E-state index in [2.05, 4.69) is 0 Å². The second-order valence-corrected chi connectivity index (χ2v) is 5.00. The van der Waals surface area contributed by atoms with Gasteiger partial charge in [0.25, 0.3) is 0 Å². The number of hydrogen-bond acceptors (Lipinski definition) is 1. The number of fused-ring (bicyclic) bond motifs is 1. The van der Waals surface area contributed by atoms with Crippen LogP contribution in [0.15, 0.2) is 54.7 Å². The average Bonchev–Trinajstić information content (AvgIpc) is 2.85. The minimum Gasteiger partial charge on any atom is -0.481 e. The van der Waals surface area contributed by atoms with Gasteiger partial charge in [-0.3, -0.25) is 4.79 Å². The van der Waals surface area contributed by atoms with Crippen molar-refractivity contribution in [2.75, 3.05) is 0 Å². The summed E-state index contributed by atoms with van der Waals surface area (Å²) in [5.74, 6) is -1.06. The number of benzene rings is 2. The van der Waals surface area contributed by atoms with Crippen LogP contribution in [-0.4, -0.2) is 15.6 Å². The molecular formula is C17H14FNO2. The van der Waals surface area contributed by atoms with Gasteiger partial charge in [0, 0.05) is 18.1 Å². The van der Waals surface area contributed by atoms with Crippen LogP contribution in [0.25, 0.3) is 10.9 Å². The van der Waals surface area contributed by atoms with Crippen LogP contribution in [0.5, 0.6) is 0 Å². The number of rotatable bonds is 4. The Bertz CT molecular complexity index is 790. The lowest BCUT2D eigenvalue weighted by atomic mass is 10.1. The molecule has 0 aliphatic heterocycles. The largest absolute Gasteiger partial charge is 0.481 e. The third kappa shape index (κ3) is 2.79. The highest BCUT2D eigenvalue weighted by atomic mass is 19.1. The molecule has 3 aromatic rings. The number of aliphatic carboxylic acids is 1. The number of aromatic nitrogens is 1. The Kier molecular flexibility index (Phi) is 3.44. The zero-order valence-corrected chi connectivity index (χ0v) is 11.3. The first kappa shape index (κ1) is 13.4. The van der Waals surface area contributed by atoms with Gasteiger partial charge in [-0.25, -0.2) is 4.39 Å². The third-order valence-electron chi connectivity index (χ3n) is 3.49. The van der Waals surface area contributed by atoms with Gasteiger partial charge in [-0.15, -0.1) is 0 Å². The van der Waals surface area contributed by atoms with Crippen molar-refractivity contribution >= 4 is 16.9 Å². The third-order valence-corrected chi connectivity index (χ3v) is 3.49. The van der Waals surface area contributed by atoms with Crippen molar-refractivity contribution in [1.82, 2.24) is 4.57 Å². The molecule has 1 N–H and O–H groups in total. The number of halogens is 1. The van der Waals surface area contributed by atoms with Crippen LogP contribution >= 0.6 is 0 Å². The molecular weight excluding hydrogens is 269 g/mol. The van der Waals surface area contributed by atoms with Crippen molar-refractivity contribution in [1.29, 1.82) is 0 Å². The predicted octanol–water partition coefficient (Wildman–Crippen LogP) is 3.46. The number of carboxylic acids is 1. The monoisotopic (exact) mass is 283 g/mol. The van der Waals surface area contributed by atoms with Crippen molar-refractivity contribution in [3.8, 4) is 0 Å². The van der Waals surface area contributed by atoms with Crippen molar-refractivity contribution in [2.24, 2.45) is 0 Å². The molecule has 2 aromatic carbocycles. The van der Waals surface area contributed by atoms with Crippen LogP contribution < -0.4 is 0 Å². The summed E-state index contributed by atoms with van der Waals surface area (Å²) < 4.78 is 15.6. The molecule has 0 saturated carbocycles. The van der Waals surface area contributed by atoms with Gasteiger partial charge in [0.2, 0.25) is 0 Å². The molecule has 0 radical (unpaired) electrons. The molecule has 0 spiro atoms. The van der Waals surface area contributed by atoms with E-state index in [4.69, 9.17) is 5.11 Å². The van der Waals surface area contributed by atoms with Crippen molar-refractivity contribution in [2.45, 2.75) is 13.0 Å².